The highest BCUT2D eigenvalue weighted by Gasteiger charge is 2.66. The topological polar surface area (TPSA) is 161 Å². The molecule has 33 heavy (non-hydrogen) atoms. The Hall–Kier alpha value is -3.50. The smallest absolute Gasteiger partial charge is 0.235 e. The van der Waals surface area contributed by atoms with Crippen LogP contribution in [0.1, 0.15) is 15.9 Å². The van der Waals surface area contributed by atoms with Crippen LogP contribution < -0.4 is 10.6 Å². The van der Waals surface area contributed by atoms with Crippen molar-refractivity contribution in [3.8, 4) is 11.5 Å². The first-order valence-corrected chi connectivity index (χ1v) is 10.3. The van der Waals surface area contributed by atoms with Crippen LogP contribution in [0.4, 0.5) is 5.69 Å². The number of phenolic OH excluding ortho intramolecular Hbond substituents is 2. The Balaban J connectivity index is 2.04. The fraction of sp³-hybridized carbons (Fsp3) is 0.391. The van der Waals surface area contributed by atoms with Crippen LogP contribution in [-0.4, -0.2) is 83.3 Å². The molecule has 0 spiro atoms. The molecule has 0 aromatic heterocycles. The average Bonchev–Trinajstić information content (AvgIpc) is 2.70. The molecule has 2 aliphatic carbocycles. The number of benzene rings is 2. The zero-order valence-corrected chi connectivity index (χ0v) is 18.6. The molecule has 0 aliphatic heterocycles. The third kappa shape index (κ3) is 2.87. The van der Waals surface area contributed by atoms with E-state index in [2.05, 4.69) is 0 Å². The van der Waals surface area contributed by atoms with Crippen molar-refractivity contribution < 1.29 is 34.5 Å². The molecule has 10 heteroatoms. The number of nitrogens with zero attached hydrogens (tertiary/aromatic N) is 2. The van der Waals surface area contributed by atoms with E-state index in [0.29, 0.717) is 16.6 Å². The Bertz CT molecular complexity index is 1250. The second-order valence-corrected chi connectivity index (χ2v) is 9.10. The van der Waals surface area contributed by atoms with Gasteiger partial charge in [0.2, 0.25) is 11.7 Å². The molecule has 1 fully saturated rings. The van der Waals surface area contributed by atoms with Crippen molar-refractivity contribution in [2.45, 2.75) is 18.1 Å². The summed E-state index contributed by atoms with van der Waals surface area (Å²) in [6.07, 6.45) is -0.102. The number of phenols is 2. The van der Waals surface area contributed by atoms with Crippen LogP contribution in [0.15, 0.2) is 18.2 Å². The Morgan fingerprint density at radius 1 is 1.12 bits per heavy atom. The predicted octanol–water partition coefficient (Wildman–Crippen LogP) is -0.413. The zero-order valence-electron chi connectivity index (χ0n) is 18.6. The van der Waals surface area contributed by atoms with Gasteiger partial charge in [0.1, 0.15) is 11.5 Å². The molecule has 0 saturated heterocycles. The highest BCUT2D eigenvalue weighted by atomic mass is 16.3. The second-order valence-electron chi connectivity index (χ2n) is 9.10. The van der Waals surface area contributed by atoms with E-state index in [0.717, 1.165) is 0 Å². The summed E-state index contributed by atoms with van der Waals surface area (Å²) in [6.45, 7) is 0. The first-order valence-electron chi connectivity index (χ1n) is 10.3. The SMILES string of the molecule is CN(C)c1ccc(O)c2c(O)c3c(cc12)CC1C(N(C)C)C(=O)C(C(N)=O)C(=O)C1(O)C3=O. The zero-order chi connectivity index (χ0) is 24.6. The minimum absolute atomic E-state index is 0.00899. The first-order chi connectivity index (χ1) is 15.3. The van der Waals surface area contributed by atoms with Gasteiger partial charge in [0.05, 0.1) is 17.0 Å². The molecular formula is C23H25N3O7. The lowest BCUT2D eigenvalue weighted by molar-refractivity contribution is -0.162. The summed E-state index contributed by atoms with van der Waals surface area (Å²) in [5, 5.41) is 33.4. The monoisotopic (exact) mass is 455 g/mol. The Labute approximate surface area is 189 Å². The van der Waals surface area contributed by atoms with Crippen LogP contribution in [0.5, 0.6) is 11.5 Å². The molecule has 0 radical (unpaired) electrons. The molecule has 4 atom stereocenters. The quantitative estimate of drug-likeness (QED) is 0.451. The molecular weight excluding hydrogens is 430 g/mol. The van der Waals surface area contributed by atoms with Gasteiger partial charge in [0.25, 0.3) is 0 Å². The number of fused-ring (bicyclic) bond motifs is 3. The number of likely N-dealkylation sites (N-methyl/N-ethyl adjacent to an activating group) is 1. The number of Topliss-reactive ketones (excluding diaryl/α,β-unsaturated/α-hetero) is 3. The van der Waals surface area contributed by atoms with Crippen LogP contribution in [0.3, 0.4) is 0 Å². The van der Waals surface area contributed by atoms with Gasteiger partial charge in [0.15, 0.2) is 23.1 Å². The Kier molecular flexibility index (Phi) is 4.99. The Morgan fingerprint density at radius 3 is 2.30 bits per heavy atom. The number of aliphatic hydroxyl groups is 1. The molecule has 2 aromatic rings. The van der Waals surface area contributed by atoms with Crippen LogP contribution in [0.2, 0.25) is 0 Å². The standard InChI is InChI=1S/C23H25N3O7/c1-25(2)12-5-6-13(27)15-10(12)7-9-8-11-17(26(3)4)19(29)16(22(24)32)21(31)23(11,33)20(30)14(9)18(15)28/h5-7,11,16-17,27-28,33H,8H2,1-4H3,(H2,24,32). The van der Waals surface area contributed by atoms with Crippen LogP contribution in [-0.2, 0) is 20.8 Å². The maximum absolute atomic E-state index is 13.6. The molecule has 1 saturated carbocycles. The molecule has 4 rings (SSSR count). The number of rotatable bonds is 3. The largest absolute Gasteiger partial charge is 0.507 e. The number of ketones is 3. The van der Waals surface area contributed by atoms with Gasteiger partial charge in [-0.3, -0.25) is 24.1 Å². The maximum atomic E-state index is 13.6. The number of primary amides is 1. The van der Waals surface area contributed by atoms with E-state index < -0.39 is 52.5 Å². The number of hydrogen-bond acceptors (Lipinski definition) is 9. The minimum Gasteiger partial charge on any atom is -0.507 e. The number of aromatic hydroxyl groups is 2. The number of anilines is 1. The van der Waals surface area contributed by atoms with E-state index in [1.54, 1.807) is 31.1 Å². The third-order valence-corrected chi connectivity index (χ3v) is 6.78. The number of nitrogens with two attached hydrogens (primary N) is 1. The fourth-order valence-electron chi connectivity index (χ4n) is 5.30. The molecule has 2 aliphatic rings. The summed E-state index contributed by atoms with van der Waals surface area (Å²) < 4.78 is 0. The lowest BCUT2D eigenvalue weighted by Crippen LogP contribution is -2.71. The van der Waals surface area contributed by atoms with E-state index in [1.807, 2.05) is 0 Å². The van der Waals surface area contributed by atoms with Crippen LogP contribution >= 0.6 is 0 Å². The maximum Gasteiger partial charge on any atom is 0.235 e. The van der Waals surface area contributed by atoms with E-state index >= 15 is 0 Å². The van der Waals surface area contributed by atoms with Crippen molar-refractivity contribution in [1.29, 1.82) is 0 Å². The fourth-order valence-corrected chi connectivity index (χ4v) is 5.30. The number of amides is 1. The lowest BCUT2D eigenvalue weighted by Gasteiger charge is -2.48. The van der Waals surface area contributed by atoms with Gasteiger partial charge < -0.3 is 26.0 Å². The predicted molar refractivity (Wildman–Crippen MR) is 118 cm³/mol. The Morgan fingerprint density at radius 2 is 1.76 bits per heavy atom. The molecule has 5 N–H and O–H groups in total. The lowest BCUT2D eigenvalue weighted by atomic mass is 9.58. The van der Waals surface area contributed by atoms with Gasteiger partial charge in [0, 0.05) is 31.1 Å². The molecule has 10 nitrogen and oxygen atoms in total. The van der Waals surface area contributed by atoms with Gasteiger partial charge in [-0.05, 0) is 44.3 Å². The van der Waals surface area contributed by atoms with Gasteiger partial charge in [-0.25, -0.2) is 0 Å². The van der Waals surface area contributed by atoms with Crippen LogP contribution in [0, 0.1) is 11.8 Å². The first kappa shape index (κ1) is 22.7. The van der Waals surface area contributed by atoms with Crippen LogP contribution in [0.25, 0.3) is 10.8 Å². The van der Waals surface area contributed by atoms with Crippen molar-refractivity contribution in [2.24, 2.45) is 17.6 Å². The number of hydrogen-bond donors (Lipinski definition) is 4. The molecule has 0 heterocycles. The number of carbonyl (C=O) groups excluding carboxylic acids is 4. The molecule has 4 unspecified atom stereocenters. The summed E-state index contributed by atoms with van der Waals surface area (Å²) >= 11 is 0. The van der Waals surface area contributed by atoms with Crippen molar-refractivity contribution in [3.05, 3.63) is 29.3 Å². The third-order valence-electron chi connectivity index (χ3n) is 6.78. The van der Waals surface area contributed by atoms with Crippen molar-refractivity contribution in [3.63, 3.8) is 0 Å². The molecule has 0 bridgehead atoms. The van der Waals surface area contributed by atoms with Gasteiger partial charge in [-0.1, -0.05) is 0 Å². The summed E-state index contributed by atoms with van der Waals surface area (Å²) in [7, 11) is 6.63. The van der Waals surface area contributed by atoms with E-state index in [9.17, 15) is 34.5 Å². The average molecular weight is 455 g/mol. The summed E-state index contributed by atoms with van der Waals surface area (Å²) in [5.41, 5.74) is 3.20. The number of carbonyl (C=O) groups is 4. The van der Waals surface area contributed by atoms with Gasteiger partial charge >= 0.3 is 0 Å². The summed E-state index contributed by atoms with van der Waals surface area (Å²) in [5.74, 6) is -8.49. The highest BCUT2D eigenvalue weighted by Crippen LogP contribution is 2.49. The van der Waals surface area contributed by atoms with Crippen molar-refractivity contribution >= 4 is 39.7 Å². The van der Waals surface area contributed by atoms with E-state index in [-0.39, 0.29) is 23.1 Å². The second kappa shape index (κ2) is 7.26. The van der Waals surface area contributed by atoms with E-state index in [4.69, 9.17) is 5.73 Å². The molecule has 2 aromatic carbocycles. The van der Waals surface area contributed by atoms with Gasteiger partial charge in [-0.15, -0.1) is 0 Å². The minimum atomic E-state index is -2.74. The highest BCUT2D eigenvalue weighted by molar-refractivity contribution is 6.33. The normalized spacial score (nSPS) is 27.0. The molecule has 174 valence electrons. The van der Waals surface area contributed by atoms with Gasteiger partial charge in [-0.2, -0.15) is 0 Å². The molecule has 1 amide bonds. The summed E-state index contributed by atoms with van der Waals surface area (Å²) in [6, 6.07) is 3.49. The van der Waals surface area contributed by atoms with Crippen molar-refractivity contribution in [1.82, 2.24) is 4.90 Å². The van der Waals surface area contributed by atoms with Crippen molar-refractivity contribution in [2.75, 3.05) is 33.1 Å². The summed E-state index contributed by atoms with van der Waals surface area (Å²) in [4.78, 5) is 55.0. The van der Waals surface area contributed by atoms with E-state index in [1.165, 1.54) is 25.1 Å².